The molecular weight excluding hydrogens is 155 g/mol. The molecule has 0 aliphatic rings. The highest BCUT2D eigenvalue weighted by Crippen LogP contribution is 2.13. The Morgan fingerprint density at radius 1 is 1.36 bits per heavy atom. The Bertz CT molecular complexity index is 103. The smallest absolute Gasteiger partial charge is 0.230 e. The number of rotatable bonds is 5. The van der Waals surface area contributed by atoms with Crippen molar-refractivity contribution in [3.05, 3.63) is 0 Å². The van der Waals surface area contributed by atoms with E-state index in [0.29, 0.717) is 0 Å². The number of aliphatic hydroxyl groups excluding tert-OH is 3. The second-order valence-electron chi connectivity index (χ2n) is 2.36. The van der Waals surface area contributed by atoms with Crippen molar-refractivity contribution < 1.29 is 24.4 Å². The summed E-state index contributed by atoms with van der Waals surface area (Å²) in [6.07, 6.45) is -0.975. The first-order valence-corrected chi connectivity index (χ1v) is 3.25. The van der Waals surface area contributed by atoms with Gasteiger partial charge in [0.2, 0.25) is 5.85 Å². The summed E-state index contributed by atoms with van der Waals surface area (Å²) in [7, 11) is 0. The predicted molar refractivity (Wildman–Crippen MR) is 35.6 cm³/mol. The summed E-state index contributed by atoms with van der Waals surface area (Å²) in [5.41, 5.74) is 0. The molecule has 0 aliphatic heterocycles. The molecular formula is C6H13FO4. The van der Waals surface area contributed by atoms with Crippen LogP contribution < -0.4 is 0 Å². The van der Waals surface area contributed by atoms with E-state index in [1.807, 2.05) is 0 Å². The average molecular weight is 168 g/mol. The SMILES string of the molecule is C[C@@](F)(CO)OC(CO)CO. The molecule has 4 nitrogen and oxygen atoms in total. The van der Waals surface area contributed by atoms with Gasteiger partial charge in [-0.3, -0.25) is 0 Å². The first kappa shape index (κ1) is 10.8. The Morgan fingerprint density at radius 3 is 2.09 bits per heavy atom. The van der Waals surface area contributed by atoms with Gasteiger partial charge in [0.15, 0.2) is 0 Å². The number of halogens is 1. The first-order chi connectivity index (χ1) is 5.05. The van der Waals surface area contributed by atoms with Crippen LogP contribution in [0.4, 0.5) is 4.39 Å². The second kappa shape index (κ2) is 4.61. The summed E-state index contributed by atoms with van der Waals surface area (Å²) in [5, 5.41) is 25.3. The van der Waals surface area contributed by atoms with E-state index in [1.165, 1.54) is 0 Å². The highest BCUT2D eigenvalue weighted by Gasteiger charge is 2.26. The molecule has 0 aromatic rings. The molecule has 0 aromatic carbocycles. The second-order valence-corrected chi connectivity index (χ2v) is 2.36. The highest BCUT2D eigenvalue weighted by molar-refractivity contribution is 4.62. The maximum atomic E-state index is 12.7. The van der Waals surface area contributed by atoms with Gasteiger partial charge in [-0.25, -0.2) is 4.39 Å². The zero-order valence-corrected chi connectivity index (χ0v) is 6.33. The molecule has 68 valence electrons. The van der Waals surface area contributed by atoms with Crippen molar-refractivity contribution in [1.29, 1.82) is 0 Å². The van der Waals surface area contributed by atoms with Gasteiger partial charge < -0.3 is 20.1 Å². The third-order valence-corrected chi connectivity index (χ3v) is 1.10. The fourth-order valence-corrected chi connectivity index (χ4v) is 0.517. The molecule has 5 heteroatoms. The molecule has 1 atom stereocenters. The average Bonchev–Trinajstić information content (AvgIpc) is 2.00. The van der Waals surface area contributed by atoms with Gasteiger partial charge in [-0.15, -0.1) is 0 Å². The summed E-state index contributed by atoms with van der Waals surface area (Å²) in [4.78, 5) is 0. The van der Waals surface area contributed by atoms with Gasteiger partial charge in [0, 0.05) is 0 Å². The van der Waals surface area contributed by atoms with Crippen LogP contribution in [0.5, 0.6) is 0 Å². The van der Waals surface area contributed by atoms with Gasteiger partial charge in [-0.2, -0.15) is 0 Å². The Labute approximate surface area is 64.2 Å². The third kappa shape index (κ3) is 4.26. The van der Waals surface area contributed by atoms with Gasteiger partial charge in [0.1, 0.15) is 12.7 Å². The summed E-state index contributed by atoms with van der Waals surface area (Å²) >= 11 is 0. The molecule has 0 saturated carbocycles. The van der Waals surface area contributed by atoms with E-state index in [1.54, 1.807) is 0 Å². The fraction of sp³-hybridized carbons (Fsp3) is 1.00. The largest absolute Gasteiger partial charge is 0.394 e. The Kier molecular flexibility index (Phi) is 4.51. The minimum absolute atomic E-state index is 0.476. The van der Waals surface area contributed by atoms with Gasteiger partial charge in [0.05, 0.1) is 13.2 Å². The standard InChI is InChI=1S/C6H13FO4/c1-6(7,4-10)11-5(2-8)3-9/h5,8-10H,2-4H2,1H3/t6-/m0/s1. The van der Waals surface area contributed by atoms with Crippen LogP contribution >= 0.6 is 0 Å². The lowest BCUT2D eigenvalue weighted by Crippen LogP contribution is -2.36. The van der Waals surface area contributed by atoms with E-state index >= 15 is 0 Å². The molecule has 0 heterocycles. The van der Waals surface area contributed by atoms with Gasteiger partial charge in [-0.05, 0) is 6.92 Å². The van der Waals surface area contributed by atoms with Gasteiger partial charge in [0.25, 0.3) is 0 Å². The number of hydrogen-bond acceptors (Lipinski definition) is 4. The predicted octanol–water partition coefficient (Wildman–Crippen LogP) is -0.966. The zero-order chi connectivity index (χ0) is 8.91. The van der Waals surface area contributed by atoms with Crippen molar-refractivity contribution in [3.63, 3.8) is 0 Å². The van der Waals surface area contributed by atoms with Crippen molar-refractivity contribution in [1.82, 2.24) is 0 Å². The highest BCUT2D eigenvalue weighted by atomic mass is 19.2. The number of ether oxygens (including phenoxy) is 1. The normalized spacial score (nSPS) is 16.9. The lowest BCUT2D eigenvalue weighted by molar-refractivity contribution is -0.203. The lowest BCUT2D eigenvalue weighted by Gasteiger charge is -2.23. The van der Waals surface area contributed by atoms with E-state index in [0.717, 1.165) is 6.92 Å². The molecule has 0 aromatic heterocycles. The summed E-state index contributed by atoms with van der Waals surface area (Å²) in [6.45, 7) is -0.735. The van der Waals surface area contributed by atoms with Crippen LogP contribution in [-0.4, -0.2) is 47.1 Å². The molecule has 0 bridgehead atoms. The number of hydrogen-bond donors (Lipinski definition) is 3. The van der Waals surface area contributed by atoms with E-state index in [9.17, 15) is 4.39 Å². The quantitative estimate of drug-likeness (QED) is 0.494. The molecule has 0 amide bonds. The van der Waals surface area contributed by atoms with Crippen LogP contribution in [0, 0.1) is 0 Å². The molecule has 0 unspecified atom stereocenters. The number of aliphatic hydroxyl groups is 3. The van der Waals surface area contributed by atoms with E-state index < -0.39 is 31.8 Å². The monoisotopic (exact) mass is 168 g/mol. The zero-order valence-electron chi connectivity index (χ0n) is 6.33. The van der Waals surface area contributed by atoms with Crippen LogP contribution in [0.25, 0.3) is 0 Å². The van der Waals surface area contributed by atoms with Crippen LogP contribution in [0.15, 0.2) is 0 Å². The summed E-state index contributed by atoms with van der Waals surface area (Å²) in [5.74, 6) is -2.20. The summed E-state index contributed by atoms with van der Waals surface area (Å²) in [6, 6.07) is 0. The van der Waals surface area contributed by atoms with E-state index in [4.69, 9.17) is 15.3 Å². The minimum Gasteiger partial charge on any atom is -0.394 e. The van der Waals surface area contributed by atoms with Gasteiger partial charge in [-0.1, -0.05) is 0 Å². The Morgan fingerprint density at radius 2 is 1.82 bits per heavy atom. The maximum Gasteiger partial charge on any atom is 0.230 e. The number of alkyl halides is 1. The Balaban J connectivity index is 3.79. The minimum atomic E-state index is -2.20. The van der Waals surface area contributed by atoms with Crippen LogP contribution in [-0.2, 0) is 4.74 Å². The van der Waals surface area contributed by atoms with Crippen molar-refractivity contribution in [2.75, 3.05) is 19.8 Å². The van der Waals surface area contributed by atoms with Crippen molar-refractivity contribution in [2.24, 2.45) is 0 Å². The van der Waals surface area contributed by atoms with Crippen LogP contribution in [0.3, 0.4) is 0 Å². The van der Waals surface area contributed by atoms with Crippen molar-refractivity contribution >= 4 is 0 Å². The maximum absolute atomic E-state index is 12.7. The van der Waals surface area contributed by atoms with Crippen molar-refractivity contribution in [3.8, 4) is 0 Å². The fourth-order valence-electron chi connectivity index (χ4n) is 0.517. The molecule has 0 fully saturated rings. The van der Waals surface area contributed by atoms with Gasteiger partial charge >= 0.3 is 0 Å². The molecule has 11 heavy (non-hydrogen) atoms. The first-order valence-electron chi connectivity index (χ1n) is 3.25. The molecule has 0 spiro atoms. The molecule has 0 aliphatic carbocycles. The third-order valence-electron chi connectivity index (χ3n) is 1.10. The summed E-state index contributed by atoms with van der Waals surface area (Å²) < 4.78 is 17.2. The molecule has 3 N–H and O–H groups in total. The molecule has 0 rings (SSSR count). The lowest BCUT2D eigenvalue weighted by atomic mass is 10.3. The van der Waals surface area contributed by atoms with E-state index in [-0.39, 0.29) is 0 Å². The van der Waals surface area contributed by atoms with E-state index in [2.05, 4.69) is 4.74 Å². The topological polar surface area (TPSA) is 69.9 Å². The van der Waals surface area contributed by atoms with Crippen LogP contribution in [0.1, 0.15) is 6.92 Å². The molecule has 0 saturated heterocycles. The van der Waals surface area contributed by atoms with Crippen LogP contribution in [0.2, 0.25) is 0 Å². The van der Waals surface area contributed by atoms with Crippen molar-refractivity contribution in [2.45, 2.75) is 18.9 Å². The molecule has 0 radical (unpaired) electrons. The Hall–Kier alpha value is -0.230.